The molecule has 2 heteroatoms. The standard InChI is InChI=1S/C9H9NO/c11-9-2-1-7(5-9)8-3-4-10-6-8/h3-6,10H,1-2H2. The highest BCUT2D eigenvalue weighted by Gasteiger charge is 2.12. The molecule has 0 atom stereocenters. The summed E-state index contributed by atoms with van der Waals surface area (Å²) in [6.45, 7) is 0. The molecule has 1 aromatic rings. The molecule has 0 saturated carbocycles. The van der Waals surface area contributed by atoms with Crippen molar-refractivity contribution in [3.05, 3.63) is 30.1 Å². The van der Waals surface area contributed by atoms with Crippen molar-refractivity contribution in [1.29, 1.82) is 0 Å². The highest BCUT2D eigenvalue weighted by Crippen LogP contribution is 2.24. The SMILES string of the molecule is O=C1C=C(c2cc[nH]c2)CC1. The molecule has 1 heterocycles. The number of hydrogen-bond acceptors (Lipinski definition) is 1. The van der Waals surface area contributed by atoms with E-state index in [1.54, 1.807) is 6.08 Å². The van der Waals surface area contributed by atoms with Gasteiger partial charge in [0.25, 0.3) is 0 Å². The van der Waals surface area contributed by atoms with Crippen LogP contribution in [0.4, 0.5) is 0 Å². The second-order valence-electron chi connectivity index (χ2n) is 2.74. The number of hydrogen-bond donors (Lipinski definition) is 1. The van der Waals surface area contributed by atoms with Gasteiger partial charge in [-0.1, -0.05) is 0 Å². The smallest absolute Gasteiger partial charge is 0.156 e. The van der Waals surface area contributed by atoms with Gasteiger partial charge in [-0.05, 0) is 29.7 Å². The number of H-pyrrole nitrogens is 1. The van der Waals surface area contributed by atoms with Crippen molar-refractivity contribution >= 4 is 11.4 Å². The predicted octanol–water partition coefficient (Wildman–Crippen LogP) is 1.76. The molecule has 1 aliphatic carbocycles. The van der Waals surface area contributed by atoms with Crippen molar-refractivity contribution in [3.8, 4) is 0 Å². The van der Waals surface area contributed by atoms with Crippen LogP contribution in [-0.4, -0.2) is 10.8 Å². The molecule has 2 nitrogen and oxygen atoms in total. The van der Waals surface area contributed by atoms with Crippen molar-refractivity contribution in [2.45, 2.75) is 12.8 Å². The number of carbonyl (C=O) groups is 1. The third-order valence-electron chi connectivity index (χ3n) is 1.94. The quantitative estimate of drug-likeness (QED) is 0.645. The molecule has 0 bridgehead atoms. The maximum absolute atomic E-state index is 10.9. The highest BCUT2D eigenvalue weighted by atomic mass is 16.1. The second-order valence-corrected chi connectivity index (χ2v) is 2.74. The Kier molecular flexibility index (Phi) is 1.39. The largest absolute Gasteiger partial charge is 0.367 e. The van der Waals surface area contributed by atoms with E-state index >= 15 is 0 Å². The first-order valence-corrected chi connectivity index (χ1v) is 3.73. The van der Waals surface area contributed by atoms with Crippen LogP contribution in [0, 0.1) is 0 Å². The van der Waals surface area contributed by atoms with Gasteiger partial charge in [-0.2, -0.15) is 0 Å². The van der Waals surface area contributed by atoms with Gasteiger partial charge < -0.3 is 4.98 Å². The van der Waals surface area contributed by atoms with Crippen molar-refractivity contribution < 1.29 is 4.79 Å². The van der Waals surface area contributed by atoms with Crippen LogP contribution in [0.15, 0.2) is 24.5 Å². The van der Waals surface area contributed by atoms with Crippen LogP contribution in [0.1, 0.15) is 18.4 Å². The summed E-state index contributed by atoms with van der Waals surface area (Å²) in [5.74, 6) is 0.251. The summed E-state index contributed by atoms with van der Waals surface area (Å²) >= 11 is 0. The Morgan fingerprint density at radius 2 is 2.27 bits per heavy atom. The van der Waals surface area contributed by atoms with E-state index in [9.17, 15) is 4.79 Å². The molecule has 1 aromatic heterocycles. The zero-order valence-corrected chi connectivity index (χ0v) is 6.13. The van der Waals surface area contributed by atoms with Gasteiger partial charge in [-0.15, -0.1) is 0 Å². The van der Waals surface area contributed by atoms with Crippen LogP contribution in [0.5, 0.6) is 0 Å². The highest BCUT2D eigenvalue weighted by molar-refractivity contribution is 6.01. The first-order chi connectivity index (χ1) is 5.36. The topological polar surface area (TPSA) is 32.9 Å². The lowest BCUT2D eigenvalue weighted by molar-refractivity contribution is -0.114. The summed E-state index contributed by atoms with van der Waals surface area (Å²) in [4.78, 5) is 13.8. The van der Waals surface area contributed by atoms with E-state index in [0.717, 1.165) is 17.6 Å². The number of aromatic amines is 1. The van der Waals surface area contributed by atoms with Gasteiger partial charge in [0.2, 0.25) is 0 Å². The van der Waals surface area contributed by atoms with Crippen LogP contribution in [0.3, 0.4) is 0 Å². The fraction of sp³-hybridized carbons (Fsp3) is 0.222. The van der Waals surface area contributed by atoms with Crippen LogP contribution in [0.2, 0.25) is 0 Å². The van der Waals surface area contributed by atoms with Crippen LogP contribution < -0.4 is 0 Å². The first-order valence-electron chi connectivity index (χ1n) is 3.73. The summed E-state index contributed by atoms with van der Waals surface area (Å²) in [7, 11) is 0. The Labute approximate surface area is 64.9 Å². The Morgan fingerprint density at radius 1 is 1.36 bits per heavy atom. The van der Waals surface area contributed by atoms with Gasteiger partial charge in [0.05, 0.1) is 0 Å². The first kappa shape index (κ1) is 6.40. The lowest BCUT2D eigenvalue weighted by atomic mass is 10.1. The third kappa shape index (κ3) is 1.11. The molecule has 0 unspecified atom stereocenters. The van der Waals surface area contributed by atoms with E-state index in [1.807, 2.05) is 18.5 Å². The summed E-state index contributed by atoms with van der Waals surface area (Å²) in [5, 5.41) is 0. The number of nitrogens with one attached hydrogen (secondary N) is 1. The maximum Gasteiger partial charge on any atom is 0.156 e. The van der Waals surface area contributed by atoms with Crippen LogP contribution in [0.25, 0.3) is 5.57 Å². The van der Waals surface area contributed by atoms with Gasteiger partial charge >= 0.3 is 0 Å². The Morgan fingerprint density at radius 3 is 2.82 bits per heavy atom. The molecule has 0 saturated heterocycles. The van der Waals surface area contributed by atoms with Crippen LogP contribution >= 0.6 is 0 Å². The molecule has 11 heavy (non-hydrogen) atoms. The molecule has 1 N–H and O–H groups in total. The summed E-state index contributed by atoms with van der Waals surface area (Å²) in [6, 6.07) is 1.99. The van der Waals surface area contributed by atoms with E-state index < -0.39 is 0 Å². The summed E-state index contributed by atoms with van der Waals surface area (Å²) < 4.78 is 0. The Bertz CT molecular complexity index is 295. The zero-order valence-electron chi connectivity index (χ0n) is 6.13. The van der Waals surface area contributed by atoms with Gasteiger partial charge in [-0.3, -0.25) is 4.79 Å². The average molecular weight is 147 g/mol. The molecule has 0 aliphatic heterocycles. The van der Waals surface area contributed by atoms with E-state index in [0.29, 0.717) is 6.42 Å². The Balaban J connectivity index is 2.31. The molecule has 0 radical (unpaired) electrons. The molecular formula is C9H9NO. The number of aromatic nitrogens is 1. The molecular weight excluding hydrogens is 138 g/mol. The zero-order chi connectivity index (χ0) is 7.68. The molecule has 0 spiro atoms. The fourth-order valence-corrected chi connectivity index (χ4v) is 1.35. The molecule has 1 aliphatic rings. The lowest BCUT2D eigenvalue weighted by Crippen LogP contribution is -1.80. The van der Waals surface area contributed by atoms with Crippen molar-refractivity contribution in [3.63, 3.8) is 0 Å². The number of ketones is 1. The van der Waals surface area contributed by atoms with Gasteiger partial charge in [0.1, 0.15) is 0 Å². The van der Waals surface area contributed by atoms with Crippen molar-refractivity contribution in [2.75, 3.05) is 0 Å². The average Bonchev–Trinajstić information content (AvgIpc) is 2.55. The molecule has 0 fully saturated rings. The van der Waals surface area contributed by atoms with E-state index in [1.165, 1.54) is 0 Å². The number of rotatable bonds is 1. The minimum atomic E-state index is 0.251. The van der Waals surface area contributed by atoms with Crippen LogP contribution in [-0.2, 0) is 4.79 Å². The van der Waals surface area contributed by atoms with Gasteiger partial charge in [0.15, 0.2) is 5.78 Å². The molecule has 2 rings (SSSR count). The molecule has 0 amide bonds. The van der Waals surface area contributed by atoms with Crippen molar-refractivity contribution in [1.82, 2.24) is 4.98 Å². The predicted molar refractivity (Wildman–Crippen MR) is 43.0 cm³/mol. The summed E-state index contributed by atoms with van der Waals surface area (Å²) in [6.07, 6.45) is 7.11. The van der Waals surface area contributed by atoms with Gasteiger partial charge in [0, 0.05) is 18.8 Å². The van der Waals surface area contributed by atoms with E-state index in [4.69, 9.17) is 0 Å². The maximum atomic E-state index is 10.9. The minimum Gasteiger partial charge on any atom is -0.367 e. The number of allylic oxidation sites excluding steroid dienone is 2. The third-order valence-corrected chi connectivity index (χ3v) is 1.94. The lowest BCUT2D eigenvalue weighted by Gasteiger charge is -1.92. The monoisotopic (exact) mass is 147 g/mol. The Hall–Kier alpha value is -1.31. The second kappa shape index (κ2) is 2.38. The number of carbonyl (C=O) groups excluding carboxylic acids is 1. The van der Waals surface area contributed by atoms with Gasteiger partial charge in [-0.25, -0.2) is 0 Å². The van der Waals surface area contributed by atoms with Crippen molar-refractivity contribution in [2.24, 2.45) is 0 Å². The fourth-order valence-electron chi connectivity index (χ4n) is 1.35. The van der Waals surface area contributed by atoms with E-state index in [2.05, 4.69) is 4.98 Å². The molecule has 0 aromatic carbocycles. The normalized spacial score (nSPS) is 17.1. The molecule has 56 valence electrons. The summed E-state index contributed by atoms with van der Waals surface area (Å²) in [5.41, 5.74) is 2.31. The van der Waals surface area contributed by atoms with E-state index in [-0.39, 0.29) is 5.78 Å². The minimum absolute atomic E-state index is 0.251.